The second-order valence-corrected chi connectivity index (χ2v) is 4.76. The summed E-state index contributed by atoms with van der Waals surface area (Å²) in [6.45, 7) is 0. The van der Waals surface area contributed by atoms with Crippen LogP contribution in [0.3, 0.4) is 0 Å². The molecule has 0 radical (unpaired) electrons. The van der Waals surface area contributed by atoms with Crippen LogP contribution in [0.15, 0.2) is 53.5 Å². The Morgan fingerprint density at radius 3 is 2.60 bits per heavy atom. The summed E-state index contributed by atoms with van der Waals surface area (Å²) in [6.07, 6.45) is -0.624. The predicted octanol–water partition coefficient (Wildman–Crippen LogP) is 1.87. The molecule has 0 spiro atoms. The second-order valence-electron chi connectivity index (χ2n) is 4.45. The first kappa shape index (κ1) is 13.1. The third-order valence-electron chi connectivity index (χ3n) is 3.23. The van der Waals surface area contributed by atoms with Gasteiger partial charge in [0.1, 0.15) is 5.82 Å². The first-order valence-corrected chi connectivity index (χ1v) is 6.72. The number of para-hydroxylation sites is 1. The highest BCUT2D eigenvalue weighted by molar-refractivity contribution is 6.18. The molecule has 0 fully saturated rings. The van der Waals surface area contributed by atoms with Crippen LogP contribution in [-0.2, 0) is 0 Å². The molecule has 0 aliphatic carbocycles. The molecule has 0 amide bonds. The van der Waals surface area contributed by atoms with E-state index in [0.29, 0.717) is 21.8 Å². The predicted molar refractivity (Wildman–Crippen MR) is 74.3 cm³/mol. The van der Waals surface area contributed by atoms with Gasteiger partial charge in [0, 0.05) is 10.8 Å². The van der Waals surface area contributed by atoms with Gasteiger partial charge >= 0.3 is 0 Å². The van der Waals surface area contributed by atoms with Gasteiger partial charge in [-0.1, -0.05) is 30.3 Å². The fourth-order valence-electron chi connectivity index (χ4n) is 2.30. The van der Waals surface area contributed by atoms with E-state index in [1.807, 2.05) is 18.2 Å². The summed E-state index contributed by atoms with van der Waals surface area (Å²) in [7, 11) is 0. The highest BCUT2D eigenvalue weighted by Crippen LogP contribution is 2.22. The SMILES string of the molecule is ON1C(c2ccccc2F)=c2ccccc2=NC1CCl. The lowest BCUT2D eigenvalue weighted by Crippen LogP contribution is -2.45. The van der Waals surface area contributed by atoms with E-state index >= 15 is 0 Å². The first-order chi connectivity index (χ1) is 9.72. The lowest BCUT2D eigenvalue weighted by Gasteiger charge is -2.28. The van der Waals surface area contributed by atoms with Gasteiger partial charge in [-0.2, -0.15) is 0 Å². The van der Waals surface area contributed by atoms with Crippen molar-refractivity contribution in [3.8, 4) is 0 Å². The Morgan fingerprint density at radius 1 is 1.15 bits per heavy atom. The summed E-state index contributed by atoms with van der Waals surface area (Å²) in [5.74, 6) is -0.283. The molecule has 1 heterocycles. The van der Waals surface area contributed by atoms with Crippen molar-refractivity contribution in [2.24, 2.45) is 4.99 Å². The minimum atomic E-state index is -0.624. The number of alkyl halides is 1. The van der Waals surface area contributed by atoms with E-state index in [0.717, 1.165) is 5.06 Å². The molecule has 102 valence electrons. The van der Waals surface area contributed by atoms with Gasteiger partial charge in [0.05, 0.1) is 16.9 Å². The standard InChI is InChI=1S/C15H12ClFN2O/c16-9-14-18-13-8-4-2-6-11(13)15(19(14)20)10-5-1-3-7-12(10)17/h1-8,14,20H,9H2. The van der Waals surface area contributed by atoms with Gasteiger partial charge in [-0.15, -0.1) is 11.6 Å². The molecule has 0 aromatic heterocycles. The zero-order chi connectivity index (χ0) is 14.1. The molecule has 1 aliphatic rings. The van der Waals surface area contributed by atoms with Crippen LogP contribution in [-0.4, -0.2) is 22.3 Å². The molecule has 1 atom stereocenters. The van der Waals surface area contributed by atoms with Crippen LogP contribution < -0.4 is 10.6 Å². The molecule has 0 bridgehead atoms. The van der Waals surface area contributed by atoms with E-state index < -0.39 is 12.0 Å². The van der Waals surface area contributed by atoms with Crippen molar-refractivity contribution in [2.45, 2.75) is 6.17 Å². The van der Waals surface area contributed by atoms with Crippen LogP contribution >= 0.6 is 11.6 Å². The third-order valence-corrected chi connectivity index (χ3v) is 3.50. The topological polar surface area (TPSA) is 35.8 Å². The van der Waals surface area contributed by atoms with E-state index in [9.17, 15) is 9.60 Å². The smallest absolute Gasteiger partial charge is 0.160 e. The zero-order valence-corrected chi connectivity index (χ0v) is 11.3. The van der Waals surface area contributed by atoms with Crippen LogP contribution in [0.4, 0.5) is 4.39 Å². The van der Waals surface area contributed by atoms with Crippen molar-refractivity contribution in [2.75, 3.05) is 5.88 Å². The normalized spacial score (nSPS) is 17.6. The molecule has 20 heavy (non-hydrogen) atoms. The van der Waals surface area contributed by atoms with Gasteiger partial charge in [-0.3, -0.25) is 10.2 Å². The number of benzene rings is 2. The minimum Gasteiger partial charge on any atom is -0.286 e. The van der Waals surface area contributed by atoms with E-state index in [1.54, 1.807) is 24.3 Å². The van der Waals surface area contributed by atoms with Gasteiger partial charge in [-0.05, 0) is 18.2 Å². The van der Waals surface area contributed by atoms with E-state index in [-0.39, 0.29) is 5.88 Å². The summed E-state index contributed by atoms with van der Waals surface area (Å²) < 4.78 is 14.1. The molecule has 0 saturated heterocycles. The Bertz CT molecular complexity index is 762. The van der Waals surface area contributed by atoms with Crippen LogP contribution in [0.5, 0.6) is 0 Å². The van der Waals surface area contributed by atoms with Crippen LogP contribution in [0, 0.1) is 5.82 Å². The van der Waals surface area contributed by atoms with Crippen molar-refractivity contribution in [3.63, 3.8) is 0 Å². The maximum Gasteiger partial charge on any atom is 0.160 e. The summed E-state index contributed by atoms with van der Waals surface area (Å²) in [4.78, 5) is 4.35. The molecular weight excluding hydrogens is 279 g/mol. The van der Waals surface area contributed by atoms with Gasteiger partial charge in [0.2, 0.25) is 0 Å². The van der Waals surface area contributed by atoms with Gasteiger partial charge in [0.25, 0.3) is 0 Å². The third kappa shape index (κ3) is 2.07. The Morgan fingerprint density at radius 2 is 1.85 bits per heavy atom. The molecule has 0 saturated carbocycles. The van der Waals surface area contributed by atoms with Gasteiger partial charge < -0.3 is 0 Å². The fraction of sp³-hybridized carbons (Fsp3) is 0.133. The molecule has 3 rings (SSSR count). The summed E-state index contributed by atoms with van der Waals surface area (Å²) in [5.41, 5.74) is 0.715. The highest BCUT2D eigenvalue weighted by Gasteiger charge is 2.24. The molecule has 1 aliphatic heterocycles. The first-order valence-electron chi connectivity index (χ1n) is 6.18. The van der Waals surface area contributed by atoms with E-state index in [2.05, 4.69) is 4.99 Å². The van der Waals surface area contributed by atoms with Gasteiger partial charge in [0.15, 0.2) is 6.17 Å². The molecule has 1 N–H and O–H groups in total. The quantitative estimate of drug-likeness (QED) is 0.857. The maximum absolute atomic E-state index is 14.1. The zero-order valence-electron chi connectivity index (χ0n) is 10.5. The largest absolute Gasteiger partial charge is 0.286 e. The Hall–Kier alpha value is -1.91. The Labute approximate surface area is 120 Å². The highest BCUT2D eigenvalue weighted by atomic mass is 35.5. The van der Waals surface area contributed by atoms with Crippen LogP contribution in [0.2, 0.25) is 0 Å². The van der Waals surface area contributed by atoms with Crippen molar-refractivity contribution in [1.29, 1.82) is 0 Å². The van der Waals surface area contributed by atoms with Crippen LogP contribution in [0.25, 0.3) is 5.70 Å². The Kier molecular flexibility index (Phi) is 3.42. The van der Waals surface area contributed by atoms with Crippen molar-refractivity contribution >= 4 is 17.3 Å². The lowest BCUT2D eigenvalue weighted by molar-refractivity contribution is -0.0603. The van der Waals surface area contributed by atoms with Crippen LogP contribution in [0.1, 0.15) is 5.56 Å². The number of halogens is 2. The van der Waals surface area contributed by atoms with Crippen molar-refractivity contribution in [3.05, 3.63) is 70.5 Å². The monoisotopic (exact) mass is 290 g/mol. The minimum absolute atomic E-state index is 0.114. The molecular formula is C15H12ClFN2O. The number of fused-ring (bicyclic) bond motifs is 1. The number of rotatable bonds is 2. The lowest BCUT2D eigenvalue weighted by atomic mass is 10.1. The van der Waals surface area contributed by atoms with E-state index in [4.69, 9.17) is 11.6 Å². The second kappa shape index (κ2) is 5.23. The number of hydrogen-bond donors (Lipinski definition) is 1. The number of nitrogens with zero attached hydrogens (tertiary/aromatic N) is 2. The molecule has 3 nitrogen and oxygen atoms in total. The van der Waals surface area contributed by atoms with E-state index in [1.165, 1.54) is 6.07 Å². The summed E-state index contributed by atoms with van der Waals surface area (Å²) in [6, 6.07) is 13.6. The molecule has 5 heteroatoms. The molecule has 1 unspecified atom stereocenters. The average molecular weight is 291 g/mol. The Balaban J connectivity index is 2.37. The summed E-state index contributed by atoms with van der Waals surface area (Å²) in [5, 5.41) is 12.6. The van der Waals surface area contributed by atoms with Crippen molar-refractivity contribution in [1.82, 2.24) is 5.06 Å². The van der Waals surface area contributed by atoms with Gasteiger partial charge in [-0.25, -0.2) is 9.45 Å². The molecule has 2 aromatic rings. The number of hydrogen-bond acceptors (Lipinski definition) is 3. The average Bonchev–Trinajstić information content (AvgIpc) is 2.48. The fourth-order valence-corrected chi connectivity index (χ4v) is 2.50. The number of hydroxylamine groups is 2. The maximum atomic E-state index is 14.1. The summed E-state index contributed by atoms with van der Waals surface area (Å²) >= 11 is 5.83. The van der Waals surface area contributed by atoms with Crippen molar-refractivity contribution < 1.29 is 9.60 Å². The molecule has 2 aromatic carbocycles.